The number of hydrogen-bond acceptors (Lipinski definition) is 4. The van der Waals surface area contributed by atoms with Crippen molar-refractivity contribution in [1.29, 1.82) is 0 Å². The lowest BCUT2D eigenvalue weighted by molar-refractivity contribution is 0.0482. The van der Waals surface area contributed by atoms with Gasteiger partial charge in [-0.25, -0.2) is 0 Å². The van der Waals surface area contributed by atoms with E-state index in [1.807, 2.05) is 72.9 Å². The van der Waals surface area contributed by atoms with E-state index in [4.69, 9.17) is 32.7 Å². The van der Waals surface area contributed by atoms with E-state index >= 15 is 0 Å². The van der Waals surface area contributed by atoms with Crippen LogP contribution >= 0.6 is 23.2 Å². The van der Waals surface area contributed by atoms with Gasteiger partial charge in [-0.3, -0.25) is 9.69 Å². The number of carbonyl (C=O) groups is 1. The Labute approximate surface area is 251 Å². The SMILES string of the molecule is COc1cccc2c(C(=O)NCc3cccc(Cl)c3)cn(CCCN3C4CCC3CC(Oc3ccc(Cl)cc3)C4)c12. The summed E-state index contributed by atoms with van der Waals surface area (Å²) in [5.41, 5.74) is 2.58. The van der Waals surface area contributed by atoms with Crippen LogP contribution in [0.3, 0.4) is 0 Å². The third-order valence-electron chi connectivity index (χ3n) is 8.44. The van der Waals surface area contributed by atoms with Crippen LogP contribution in [-0.2, 0) is 13.1 Å². The predicted octanol–water partition coefficient (Wildman–Crippen LogP) is 7.35. The first-order valence-corrected chi connectivity index (χ1v) is 15.1. The second kappa shape index (κ2) is 12.4. The van der Waals surface area contributed by atoms with Gasteiger partial charge in [0.15, 0.2) is 0 Å². The highest BCUT2D eigenvalue weighted by Crippen LogP contribution is 2.38. The molecule has 6 rings (SSSR count). The Hall–Kier alpha value is -3.19. The number of carbonyl (C=O) groups excluding carboxylic acids is 1. The van der Waals surface area contributed by atoms with Crippen LogP contribution in [0.2, 0.25) is 10.0 Å². The Kier molecular flexibility index (Phi) is 8.42. The first-order chi connectivity index (χ1) is 20.0. The standard InChI is InChI=1S/C33H35Cl2N3O3/c1-40-31-8-3-7-29-30(33(39)36-20-22-5-2-6-24(35)17-22)21-37(32(29)31)15-4-16-38-25-11-12-26(38)19-28(18-25)41-27-13-9-23(34)10-14-27/h2-3,5-10,13-14,17,21,25-26,28H,4,11-12,15-16,18-20H2,1H3,(H,36,39). The summed E-state index contributed by atoms with van der Waals surface area (Å²) >= 11 is 12.2. The molecule has 1 amide bonds. The van der Waals surface area contributed by atoms with Crippen molar-refractivity contribution in [3.8, 4) is 11.5 Å². The Morgan fingerprint density at radius 3 is 2.44 bits per heavy atom. The highest BCUT2D eigenvalue weighted by Gasteiger charge is 2.41. The number of ether oxygens (including phenoxy) is 2. The minimum absolute atomic E-state index is 0.109. The van der Waals surface area contributed by atoms with Gasteiger partial charge in [0.05, 0.1) is 18.2 Å². The third kappa shape index (κ3) is 6.20. The third-order valence-corrected chi connectivity index (χ3v) is 8.93. The van der Waals surface area contributed by atoms with E-state index in [0.29, 0.717) is 29.2 Å². The van der Waals surface area contributed by atoms with Gasteiger partial charge >= 0.3 is 0 Å². The Morgan fingerprint density at radius 2 is 1.71 bits per heavy atom. The van der Waals surface area contributed by atoms with Gasteiger partial charge in [-0.15, -0.1) is 0 Å². The molecule has 6 nitrogen and oxygen atoms in total. The van der Waals surface area contributed by atoms with E-state index in [1.165, 1.54) is 12.8 Å². The van der Waals surface area contributed by atoms with Crippen molar-refractivity contribution in [2.75, 3.05) is 13.7 Å². The number of aromatic nitrogens is 1. The Balaban J connectivity index is 1.11. The van der Waals surface area contributed by atoms with Gasteiger partial charge in [0.25, 0.3) is 5.91 Å². The van der Waals surface area contributed by atoms with Crippen molar-refractivity contribution in [2.24, 2.45) is 0 Å². The molecule has 3 aromatic carbocycles. The molecule has 4 aromatic rings. The summed E-state index contributed by atoms with van der Waals surface area (Å²) in [6.45, 7) is 2.24. The molecular weight excluding hydrogens is 557 g/mol. The summed E-state index contributed by atoms with van der Waals surface area (Å²) in [4.78, 5) is 16.0. The number of rotatable bonds is 10. The molecule has 2 atom stereocenters. The molecule has 2 unspecified atom stereocenters. The molecule has 2 fully saturated rings. The molecule has 0 spiro atoms. The molecule has 214 valence electrons. The minimum Gasteiger partial charge on any atom is -0.495 e. The molecule has 0 radical (unpaired) electrons. The normalized spacial score (nSPS) is 20.3. The molecule has 3 heterocycles. The highest BCUT2D eigenvalue weighted by molar-refractivity contribution is 6.30. The van der Waals surface area contributed by atoms with E-state index < -0.39 is 0 Å². The zero-order valence-electron chi connectivity index (χ0n) is 23.2. The topological polar surface area (TPSA) is 55.7 Å². The lowest BCUT2D eigenvalue weighted by Gasteiger charge is -2.39. The molecule has 41 heavy (non-hydrogen) atoms. The van der Waals surface area contributed by atoms with E-state index in [1.54, 1.807) is 7.11 Å². The maximum Gasteiger partial charge on any atom is 0.253 e. The summed E-state index contributed by atoms with van der Waals surface area (Å²) in [6, 6.07) is 22.2. The smallest absolute Gasteiger partial charge is 0.253 e. The Bertz CT molecular complexity index is 1510. The van der Waals surface area contributed by atoms with E-state index in [-0.39, 0.29) is 12.0 Å². The molecule has 2 bridgehead atoms. The molecule has 1 N–H and O–H groups in total. The van der Waals surface area contributed by atoms with Crippen LogP contribution < -0.4 is 14.8 Å². The van der Waals surface area contributed by atoms with Crippen LogP contribution in [0, 0.1) is 0 Å². The van der Waals surface area contributed by atoms with Gasteiger partial charge in [-0.05, 0) is 80.1 Å². The van der Waals surface area contributed by atoms with Crippen LogP contribution in [0.15, 0.2) is 72.9 Å². The van der Waals surface area contributed by atoms with Gasteiger partial charge in [0.1, 0.15) is 17.6 Å². The van der Waals surface area contributed by atoms with Crippen LogP contribution in [-0.4, -0.2) is 47.2 Å². The number of benzene rings is 3. The van der Waals surface area contributed by atoms with Crippen molar-refractivity contribution in [2.45, 2.75) is 63.4 Å². The molecule has 2 aliphatic rings. The minimum atomic E-state index is -0.109. The number of hydrogen-bond donors (Lipinski definition) is 1. The zero-order chi connectivity index (χ0) is 28.3. The average Bonchev–Trinajstić information content (AvgIpc) is 3.46. The van der Waals surface area contributed by atoms with E-state index in [2.05, 4.69) is 14.8 Å². The predicted molar refractivity (Wildman–Crippen MR) is 164 cm³/mol. The van der Waals surface area contributed by atoms with Crippen molar-refractivity contribution < 1.29 is 14.3 Å². The Morgan fingerprint density at radius 1 is 0.951 bits per heavy atom. The van der Waals surface area contributed by atoms with Gasteiger partial charge in [-0.2, -0.15) is 0 Å². The fourth-order valence-electron chi connectivity index (χ4n) is 6.59. The first-order valence-electron chi connectivity index (χ1n) is 14.3. The number of para-hydroxylation sites is 1. The lowest BCUT2D eigenvalue weighted by atomic mass is 9.99. The number of halogens is 2. The second-order valence-corrected chi connectivity index (χ2v) is 11.9. The monoisotopic (exact) mass is 591 g/mol. The maximum absolute atomic E-state index is 13.3. The van der Waals surface area contributed by atoms with Crippen LogP contribution in [0.4, 0.5) is 0 Å². The van der Waals surface area contributed by atoms with Gasteiger partial charge < -0.3 is 19.4 Å². The molecular formula is C33H35Cl2N3O3. The van der Waals surface area contributed by atoms with Gasteiger partial charge in [-0.1, -0.05) is 47.5 Å². The van der Waals surface area contributed by atoms with Crippen LogP contribution in [0.1, 0.15) is 48.0 Å². The molecule has 2 aliphatic heterocycles. The average molecular weight is 593 g/mol. The lowest BCUT2D eigenvalue weighted by Crippen LogP contribution is -2.46. The number of piperidine rings is 1. The molecule has 0 saturated carbocycles. The zero-order valence-corrected chi connectivity index (χ0v) is 24.7. The van der Waals surface area contributed by atoms with Crippen molar-refractivity contribution in [3.05, 3.63) is 94.1 Å². The van der Waals surface area contributed by atoms with Crippen LogP contribution in [0.5, 0.6) is 11.5 Å². The van der Waals surface area contributed by atoms with Gasteiger partial charge in [0, 0.05) is 53.3 Å². The largest absolute Gasteiger partial charge is 0.495 e. The first kappa shape index (κ1) is 28.0. The summed E-state index contributed by atoms with van der Waals surface area (Å²) in [5.74, 6) is 1.56. The number of nitrogens with zero attached hydrogens (tertiary/aromatic N) is 2. The van der Waals surface area contributed by atoms with Gasteiger partial charge in [0.2, 0.25) is 0 Å². The van der Waals surface area contributed by atoms with Crippen molar-refractivity contribution in [1.82, 2.24) is 14.8 Å². The molecule has 2 saturated heterocycles. The fraction of sp³-hybridized carbons (Fsp3) is 0.364. The molecule has 0 aliphatic carbocycles. The molecule has 8 heteroatoms. The summed E-state index contributed by atoms with van der Waals surface area (Å²) in [7, 11) is 1.68. The quantitative estimate of drug-likeness (QED) is 0.209. The highest BCUT2D eigenvalue weighted by atomic mass is 35.5. The maximum atomic E-state index is 13.3. The van der Waals surface area contributed by atoms with E-state index in [9.17, 15) is 4.79 Å². The van der Waals surface area contributed by atoms with Crippen LogP contribution in [0.25, 0.3) is 10.9 Å². The van der Waals surface area contributed by atoms with E-state index in [0.717, 1.165) is 65.3 Å². The summed E-state index contributed by atoms with van der Waals surface area (Å²) in [5, 5.41) is 5.34. The second-order valence-electron chi connectivity index (χ2n) is 11.0. The molecule has 1 aromatic heterocycles. The van der Waals surface area contributed by atoms with Crippen molar-refractivity contribution in [3.63, 3.8) is 0 Å². The summed E-state index contributed by atoms with van der Waals surface area (Å²) in [6.07, 6.45) is 7.76. The number of amides is 1. The number of nitrogens with one attached hydrogen (secondary N) is 1. The number of methoxy groups -OCH3 is 1. The van der Waals surface area contributed by atoms with Crippen molar-refractivity contribution >= 4 is 40.0 Å². The summed E-state index contributed by atoms with van der Waals surface area (Å²) < 4.78 is 14.2. The fourth-order valence-corrected chi connectivity index (χ4v) is 6.93. The number of fused-ring (bicyclic) bond motifs is 3. The number of aryl methyl sites for hydroxylation is 1.